The highest BCUT2D eigenvalue weighted by Crippen LogP contribution is 2.35. The summed E-state index contributed by atoms with van der Waals surface area (Å²) in [5.41, 5.74) is 0. The highest BCUT2D eigenvalue weighted by atomic mass is 19.4. The molecule has 0 aliphatic heterocycles. The van der Waals surface area contributed by atoms with Crippen LogP contribution in [0.3, 0.4) is 0 Å². The van der Waals surface area contributed by atoms with Crippen molar-refractivity contribution < 1.29 is 27.5 Å². The van der Waals surface area contributed by atoms with E-state index in [1.165, 1.54) is 6.07 Å². The summed E-state index contributed by atoms with van der Waals surface area (Å²) in [6, 6.07) is 2.21. The zero-order valence-electron chi connectivity index (χ0n) is 8.70. The van der Waals surface area contributed by atoms with Gasteiger partial charge in [0.15, 0.2) is 5.88 Å². The molecule has 0 spiro atoms. The van der Waals surface area contributed by atoms with E-state index in [4.69, 9.17) is 9.52 Å². The van der Waals surface area contributed by atoms with Crippen LogP contribution in [-0.2, 0) is 0 Å². The molecule has 0 amide bonds. The Balaban J connectivity index is 2.17. The lowest BCUT2D eigenvalue weighted by Crippen LogP contribution is -2.35. The standard InChI is InChI=1S/C10H10F3NO3/c11-10(12,13)5-14(6-1-2-6)8-4-3-7(17-8)9(15)16/h3-4,6H,1-2,5H2,(H,15,16). The van der Waals surface area contributed by atoms with E-state index < -0.39 is 18.7 Å². The minimum absolute atomic E-state index is 0.0396. The van der Waals surface area contributed by atoms with Crippen LogP contribution in [0, 0.1) is 0 Å². The SMILES string of the molecule is O=C(O)c1ccc(N(CC(F)(F)F)C2CC2)o1. The molecule has 4 nitrogen and oxygen atoms in total. The van der Waals surface area contributed by atoms with Crippen LogP contribution in [0.1, 0.15) is 23.4 Å². The Morgan fingerprint density at radius 2 is 2.12 bits per heavy atom. The Labute approximate surface area is 94.6 Å². The van der Waals surface area contributed by atoms with E-state index in [1.54, 1.807) is 0 Å². The number of hydrogen-bond acceptors (Lipinski definition) is 3. The third kappa shape index (κ3) is 2.92. The summed E-state index contributed by atoms with van der Waals surface area (Å²) in [5, 5.41) is 8.63. The second kappa shape index (κ2) is 3.97. The molecule has 0 bridgehead atoms. The van der Waals surface area contributed by atoms with Gasteiger partial charge < -0.3 is 14.4 Å². The smallest absolute Gasteiger partial charge is 0.406 e. The van der Waals surface area contributed by atoms with Gasteiger partial charge in [0.05, 0.1) is 0 Å². The molecule has 1 saturated carbocycles. The molecule has 0 unspecified atom stereocenters. The Bertz CT molecular complexity index is 423. The molecular weight excluding hydrogens is 239 g/mol. The van der Waals surface area contributed by atoms with Gasteiger partial charge in [-0.1, -0.05) is 0 Å². The molecule has 2 rings (SSSR count). The average molecular weight is 249 g/mol. The van der Waals surface area contributed by atoms with Gasteiger partial charge in [-0.3, -0.25) is 0 Å². The summed E-state index contributed by atoms with van der Waals surface area (Å²) in [4.78, 5) is 11.6. The Hall–Kier alpha value is -1.66. The number of alkyl halides is 3. The number of anilines is 1. The van der Waals surface area contributed by atoms with Gasteiger partial charge in [0.25, 0.3) is 0 Å². The molecule has 1 N–H and O–H groups in total. The van der Waals surface area contributed by atoms with E-state index in [2.05, 4.69) is 0 Å². The number of aromatic carboxylic acids is 1. The molecule has 17 heavy (non-hydrogen) atoms. The Morgan fingerprint density at radius 3 is 2.53 bits per heavy atom. The van der Waals surface area contributed by atoms with Gasteiger partial charge >= 0.3 is 12.1 Å². The fraction of sp³-hybridized carbons (Fsp3) is 0.500. The van der Waals surface area contributed by atoms with Crippen molar-refractivity contribution in [1.29, 1.82) is 0 Å². The first-order valence-corrected chi connectivity index (χ1v) is 5.03. The largest absolute Gasteiger partial charge is 0.475 e. The maximum Gasteiger partial charge on any atom is 0.406 e. The van der Waals surface area contributed by atoms with Gasteiger partial charge in [0.1, 0.15) is 6.54 Å². The fourth-order valence-electron chi connectivity index (χ4n) is 1.56. The van der Waals surface area contributed by atoms with Crippen molar-refractivity contribution in [3.63, 3.8) is 0 Å². The third-order valence-electron chi connectivity index (χ3n) is 2.42. The molecule has 7 heteroatoms. The topological polar surface area (TPSA) is 53.7 Å². The lowest BCUT2D eigenvalue weighted by atomic mass is 10.4. The van der Waals surface area contributed by atoms with Gasteiger partial charge in [0.2, 0.25) is 5.76 Å². The lowest BCUT2D eigenvalue weighted by molar-refractivity contribution is -0.120. The van der Waals surface area contributed by atoms with Crippen LogP contribution in [0.4, 0.5) is 19.1 Å². The number of halogens is 3. The Morgan fingerprint density at radius 1 is 1.47 bits per heavy atom. The number of carboxylic acids is 1. The average Bonchev–Trinajstić information content (AvgIpc) is 2.90. The van der Waals surface area contributed by atoms with Crippen molar-refractivity contribution in [2.45, 2.75) is 25.1 Å². The monoisotopic (exact) mass is 249 g/mol. The zero-order valence-corrected chi connectivity index (χ0v) is 8.70. The highest BCUT2D eigenvalue weighted by Gasteiger charge is 2.39. The molecule has 1 aromatic heterocycles. The second-order valence-corrected chi connectivity index (χ2v) is 3.92. The lowest BCUT2D eigenvalue weighted by Gasteiger charge is -2.22. The molecule has 0 aromatic carbocycles. The fourth-order valence-corrected chi connectivity index (χ4v) is 1.56. The number of carboxylic acid groups (broad SMARTS) is 1. The highest BCUT2D eigenvalue weighted by molar-refractivity contribution is 5.84. The quantitative estimate of drug-likeness (QED) is 0.890. The van der Waals surface area contributed by atoms with Crippen LogP contribution in [0.2, 0.25) is 0 Å². The number of rotatable bonds is 4. The molecule has 0 saturated heterocycles. The molecule has 94 valence electrons. The van der Waals surface area contributed by atoms with Crippen LogP contribution < -0.4 is 4.90 Å². The predicted octanol–water partition coefficient (Wildman–Crippen LogP) is 2.51. The van der Waals surface area contributed by atoms with Crippen LogP contribution >= 0.6 is 0 Å². The predicted molar refractivity (Wildman–Crippen MR) is 52.1 cm³/mol. The van der Waals surface area contributed by atoms with Crippen molar-refractivity contribution in [3.8, 4) is 0 Å². The third-order valence-corrected chi connectivity index (χ3v) is 2.42. The molecule has 0 radical (unpaired) electrons. The minimum Gasteiger partial charge on any atom is -0.475 e. The normalized spacial score (nSPS) is 15.9. The first-order chi connectivity index (χ1) is 7.87. The minimum atomic E-state index is -4.33. The summed E-state index contributed by atoms with van der Waals surface area (Å²) in [7, 11) is 0. The van der Waals surface area contributed by atoms with Crippen molar-refractivity contribution in [2.75, 3.05) is 11.4 Å². The van der Waals surface area contributed by atoms with Crippen LogP contribution in [0.5, 0.6) is 0 Å². The van der Waals surface area contributed by atoms with Crippen LogP contribution in [0.15, 0.2) is 16.5 Å². The first-order valence-electron chi connectivity index (χ1n) is 5.03. The number of furan rings is 1. The van der Waals surface area contributed by atoms with Crippen molar-refractivity contribution in [2.24, 2.45) is 0 Å². The van der Waals surface area contributed by atoms with Crippen LogP contribution in [0.25, 0.3) is 0 Å². The molecule has 1 aliphatic rings. The number of hydrogen-bond donors (Lipinski definition) is 1. The van der Waals surface area contributed by atoms with Crippen molar-refractivity contribution in [1.82, 2.24) is 0 Å². The van der Waals surface area contributed by atoms with Crippen molar-refractivity contribution in [3.05, 3.63) is 17.9 Å². The van der Waals surface area contributed by atoms with Gasteiger partial charge in [0, 0.05) is 12.1 Å². The van der Waals surface area contributed by atoms with Gasteiger partial charge in [-0.25, -0.2) is 4.79 Å². The molecule has 1 aromatic rings. The van der Waals surface area contributed by atoms with E-state index in [1.807, 2.05) is 0 Å². The van der Waals surface area contributed by atoms with E-state index in [9.17, 15) is 18.0 Å². The van der Waals surface area contributed by atoms with E-state index in [-0.39, 0.29) is 17.7 Å². The zero-order chi connectivity index (χ0) is 12.6. The molecule has 1 aliphatic carbocycles. The number of carbonyl (C=O) groups is 1. The second-order valence-electron chi connectivity index (χ2n) is 3.92. The summed E-state index contributed by atoms with van der Waals surface area (Å²) >= 11 is 0. The summed E-state index contributed by atoms with van der Waals surface area (Å²) in [6.45, 7) is -1.12. The van der Waals surface area contributed by atoms with E-state index in [0.717, 1.165) is 11.0 Å². The molecule has 1 heterocycles. The number of nitrogens with zero attached hydrogens (tertiary/aromatic N) is 1. The van der Waals surface area contributed by atoms with Crippen molar-refractivity contribution >= 4 is 11.9 Å². The maximum atomic E-state index is 12.3. The van der Waals surface area contributed by atoms with Gasteiger partial charge in [-0.15, -0.1) is 0 Å². The van der Waals surface area contributed by atoms with Gasteiger partial charge in [-0.05, 0) is 18.9 Å². The molecule has 1 fully saturated rings. The van der Waals surface area contributed by atoms with Gasteiger partial charge in [-0.2, -0.15) is 13.2 Å². The van der Waals surface area contributed by atoms with E-state index >= 15 is 0 Å². The Kier molecular flexibility index (Phi) is 2.76. The molecule has 0 atom stereocenters. The summed E-state index contributed by atoms with van der Waals surface area (Å²) in [6.07, 6.45) is -3.00. The molecular formula is C10H10F3NO3. The van der Waals surface area contributed by atoms with Crippen LogP contribution in [-0.4, -0.2) is 29.8 Å². The first kappa shape index (κ1) is 11.8. The van der Waals surface area contributed by atoms with E-state index in [0.29, 0.717) is 12.8 Å². The summed E-state index contributed by atoms with van der Waals surface area (Å²) in [5.74, 6) is -1.69. The summed E-state index contributed by atoms with van der Waals surface area (Å²) < 4.78 is 41.9. The maximum absolute atomic E-state index is 12.3.